The van der Waals surface area contributed by atoms with Crippen molar-refractivity contribution in [3.05, 3.63) is 71.8 Å². The van der Waals surface area contributed by atoms with Crippen LogP contribution in [0.25, 0.3) is 0 Å². The second-order valence-electron chi connectivity index (χ2n) is 10.6. The van der Waals surface area contributed by atoms with Gasteiger partial charge in [-0.1, -0.05) is 60.7 Å². The average molecular weight is 490 g/mol. The Hall–Kier alpha value is -2.66. The predicted molar refractivity (Wildman–Crippen MR) is 146 cm³/mol. The highest BCUT2D eigenvalue weighted by molar-refractivity contribution is 5.82. The van der Waals surface area contributed by atoms with Crippen LogP contribution >= 0.6 is 0 Å². The molecular formula is C31H43N3O2. The quantitative estimate of drug-likeness (QED) is 0.479. The summed E-state index contributed by atoms with van der Waals surface area (Å²) in [5.41, 5.74) is 2.70. The number of amides is 2. The van der Waals surface area contributed by atoms with Crippen molar-refractivity contribution in [3.8, 4) is 0 Å². The summed E-state index contributed by atoms with van der Waals surface area (Å²) in [6.45, 7) is 3.14. The Balaban J connectivity index is 1.30. The zero-order valence-electron chi connectivity index (χ0n) is 21.7. The van der Waals surface area contributed by atoms with Gasteiger partial charge in [0, 0.05) is 25.7 Å². The number of piperidine rings is 2. The average Bonchev–Trinajstić information content (AvgIpc) is 2.94. The van der Waals surface area contributed by atoms with Crippen LogP contribution in [0.2, 0.25) is 0 Å². The van der Waals surface area contributed by atoms with Gasteiger partial charge in [0.15, 0.2) is 0 Å². The van der Waals surface area contributed by atoms with Gasteiger partial charge in [-0.05, 0) is 81.9 Å². The maximum Gasteiger partial charge on any atom is 0.226 e. The molecule has 5 nitrogen and oxygen atoms in total. The molecule has 2 aliphatic heterocycles. The number of carbonyl (C=O) groups excluding carboxylic acids is 2. The van der Waals surface area contributed by atoms with E-state index in [0.29, 0.717) is 6.54 Å². The lowest BCUT2D eigenvalue weighted by atomic mass is 9.92. The third-order valence-electron chi connectivity index (χ3n) is 7.82. The fourth-order valence-corrected chi connectivity index (χ4v) is 5.71. The first-order valence-corrected chi connectivity index (χ1v) is 14.1. The van der Waals surface area contributed by atoms with E-state index in [2.05, 4.69) is 71.3 Å². The van der Waals surface area contributed by atoms with Crippen molar-refractivity contribution in [3.63, 3.8) is 0 Å². The number of nitrogens with zero attached hydrogens (tertiary/aromatic N) is 1. The fraction of sp³-hybridized carbons (Fsp3) is 0.548. The monoisotopic (exact) mass is 489 g/mol. The Morgan fingerprint density at radius 3 is 2.06 bits per heavy atom. The molecule has 2 N–H and O–H groups in total. The summed E-state index contributed by atoms with van der Waals surface area (Å²) < 4.78 is 0. The first kappa shape index (κ1) is 26.4. The molecule has 2 aromatic rings. The number of carbonyl (C=O) groups is 2. The van der Waals surface area contributed by atoms with E-state index >= 15 is 0 Å². The number of benzene rings is 2. The Kier molecular flexibility index (Phi) is 10.4. The molecule has 36 heavy (non-hydrogen) atoms. The maximum absolute atomic E-state index is 13.4. The zero-order chi connectivity index (χ0) is 25.0. The molecule has 2 unspecified atom stereocenters. The second kappa shape index (κ2) is 14.2. The molecule has 2 fully saturated rings. The molecule has 2 atom stereocenters. The predicted octanol–water partition coefficient (Wildman–Crippen LogP) is 4.76. The van der Waals surface area contributed by atoms with E-state index in [9.17, 15) is 9.59 Å². The van der Waals surface area contributed by atoms with E-state index in [0.717, 1.165) is 83.8 Å². The van der Waals surface area contributed by atoms with Crippen molar-refractivity contribution in [2.24, 2.45) is 11.8 Å². The number of rotatable bonds is 11. The summed E-state index contributed by atoms with van der Waals surface area (Å²) in [6.07, 6.45) is 9.97. The number of nitrogens with one attached hydrogen (secondary N) is 2. The van der Waals surface area contributed by atoms with E-state index < -0.39 is 0 Å². The standard InChI is InChI=1S/C31H43N3O2/c35-30(28-18-10-22-34(24-28)31(36)27-17-9-21-32-23-27)33-29(19-7-15-25-11-3-1-4-12-25)20-8-16-26-13-5-2-6-14-26/h1-6,11-14,27-29,32H,7-10,15-24H2,(H,33,35). The summed E-state index contributed by atoms with van der Waals surface area (Å²) >= 11 is 0. The molecule has 0 aromatic heterocycles. The van der Waals surface area contributed by atoms with Crippen LogP contribution in [0.5, 0.6) is 0 Å². The van der Waals surface area contributed by atoms with Crippen LogP contribution in [0.1, 0.15) is 62.5 Å². The van der Waals surface area contributed by atoms with Gasteiger partial charge in [0.2, 0.25) is 11.8 Å². The van der Waals surface area contributed by atoms with Crippen molar-refractivity contribution in [1.82, 2.24) is 15.5 Å². The van der Waals surface area contributed by atoms with Crippen LogP contribution in [0.4, 0.5) is 0 Å². The highest BCUT2D eigenvalue weighted by Crippen LogP contribution is 2.22. The number of hydrogen-bond acceptors (Lipinski definition) is 3. The van der Waals surface area contributed by atoms with Crippen LogP contribution in [-0.2, 0) is 22.4 Å². The Morgan fingerprint density at radius 2 is 1.47 bits per heavy atom. The first-order valence-electron chi connectivity index (χ1n) is 14.1. The van der Waals surface area contributed by atoms with E-state index in [4.69, 9.17) is 0 Å². The van der Waals surface area contributed by atoms with Crippen LogP contribution in [-0.4, -0.2) is 48.9 Å². The molecule has 0 saturated carbocycles. The van der Waals surface area contributed by atoms with Gasteiger partial charge in [0.05, 0.1) is 11.8 Å². The summed E-state index contributed by atoms with van der Waals surface area (Å²) in [7, 11) is 0. The molecule has 0 radical (unpaired) electrons. The topological polar surface area (TPSA) is 61.4 Å². The van der Waals surface area contributed by atoms with Gasteiger partial charge in [0.25, 0.3) is 0 Å². The van der Waals surface area contributed by atoms with Crippen LogP contribution < -0.4 is 10.6 Å². The minimum absolute atomic E-state index is 0.0734. The van der Waals surface area contributed by atoms with Gasteiger partial charge in [0.1, 0.15) is 0 Å². The van der Waals surface area contributed by atoms with Crippen molar-refractivity contribution in [2.75, 3.05) is 26.2 Å². The van der Waals surface area contributed by atoms with Crippen molar-refractivity contribution in [1.29, 1.82) is 0 Å². The normalized spacial score (nSPS) is 20.3. The first-order chi connectivity index (χ1) is 17.7. The summed E-state index contributed by atoms with van der Waals surface area (Å²) in [5.74, 6) is 0.356. The molecule has 2 aliphatic rings. The fourth-order valence-electron chi connectivity index (χ4n) is 5.71. The Labute approximate surface area is 217 Å². The lowest BCUT2D eigenvalue weighted by Crippen LogP contribution is -2.50. The highest BCUT2D eigenvalue weighted by atomic mass is 16.2. The van der Waals surface area contributed by atoms with Crippen LogP contribution in [0.15, 0.2) is 60.7 Å². The largest absolute Gasteiger partial charge is 0.353 e. The molecule has 5 heteroatoms. The summed E-state index contributed by atoms with van der Waals surface area (Å²) in [4.78, 5) is 28.4. The smallest absolute Gasteiger partial charge is 0.226 e. The lowest BCUT2D eigenvalue weighted by Gasteiger charge is -2.36. The van der Waals surface area contributed by atoms with Gasteiger partial charge in [-0.3, -0.25) is 9.59 Å². The Bertz CT molecular complexity index is 882. The van der Waals surface area contributed by atoms with Gasteiger partial charge >= 0.3 is 0 Å². The molecule has 2 heterocycles. The van der Waals surface area contributed by atoms with E-state index in [1.807, 2.05) is 4.90 Å². The summed E-state index contributed by atoms with van der Waals surface area (Å²) in [6, 6.07) is 21.4. The summed E-state index contributed by atoms with van der Waals surface area (Å²) in [5, 5.41) is 6.76. The minimum Gasteiger partial charge on any atom is -0.353 e. The molecule has 2 amide bonds. The molecule has 0 aliphatic carbocycles. The second-order valence-corrected chi connectivity index (χ2v) is 10.6. The third-order valence-corrected chi connectivity index (χ3v) is 7.82. The van der Waals surface area contributed by atoms with Gasteiger partial charge in [-0.25, -0.2) is 0 Å². The number of hydrogen-bond donors (Lipinski definition) is 2. The van der Waals surface area contributed by atoms with Crippen molar-refractivity contribution in [2.45, 2.75) is 70.3 Å². The molecular weight excluding hydrogens is 446 g/mol. The number of aryl methyl sites for hydroxylation is 2. The Morgan fingerprint density at radius 1 is 0.861 bits per heavy atom. The maximum atomic E-state index is 13.4. The van der Waals surface area contributed by atoms with Gasteiger partial charge in [-0.15, -0.1) is 0 Å². The van der Waals surface area contributed by atoms with Crippen molar-refractivity contribution >= 4 is 11.8 Å². The SMILES string of the molecule is O=C(NC(CCCc1ccccc1)CCCc1ccccc1)C1CCCN(C(=O)C2CCCNC2)C1. The molecule has 4 rings (SSSR count). The van der Waals surface area contributed by atoms with Gasteiger partial charge in [-0.2, -0.15) is 0 Å². The third kappa shape index (κ3) is 8.19. The van der Waals surface area contributed by atoms with E-state index in [1.165, 1.54) is 11.1 Å². The lowest BCUT2D eigenvalue weighted by molar-refractivity contribution is -0.139. The molecule has 194 valence electrons. The molecule has 0 bridgehead atoms. The minimum atomic E-state index is -0.0926. The molecule has 0 spiro atoms. The zero-order valence-corrected chi connectivity index (χ0v) is 21.7. The van der Waals surface area contributed by atoms with E-state index in [-0.39, 0.29) is 29.7 Å². The van der Waals surface area contributed by atoms with Crippen LogP contribution in [0, 0.1) is 11.8 Å². The van der Waals surface area contributed by atoms with Gasteiger partial charge < -0.3 is 15.5 Å². The molecule has 2 saturated heterocycles. The highest BCUT2D eigenvalue weighted by Gasteiger charge is 2.32. The van der Waals surface area contributed by atoms with E-state index in [1.54, 1.807) is 0 Å². The molecule has 2 aromatic carbocycles. The van der Waals surface area contributed by atoms with Crippen LogP contribution in [0.3, 0.4) is 0 Å². The number of likely N-dealkylation sites (tertiary alicyclic amines) is 1. The van der Waals surface area contributed by atoms with Crippen molar-refractivity contribution < 1.29 is 9.59 Å².